The molecule has 3 aromatic rings. The van der Waals surface area contributed by atoms with Crippen molar-refractivity contribution in [2.45, 2.75) is 13.0 Å². The highest BCUT2D eigenvalue weighted by Crippen LogP contribution is 2.19. The molecule has 1 atom stereocenters. The summed E-state index contributed by atoms with van der Waals surface area (Å²) in [6.07, 6.45) is 0. The van der Waals surface area contributed by atoms with E-state index in [4.69, 9.17) is 0 Å². The van der Waals surface area contributed by atoms with Crippen LogP contribution in [-0.2, 0) is 0 Å². The van der Waals surface area contributed by atoms with Gasteiger partial charge in [-0.2, -0.15) is 0 Å². The van der Waals surface area contributed by atoms with Gasteiger partial charge in [-0.25, -0.2) is 4.39 Å². The number of para-hydroxylation sites is 1. The van der Waals surface area contributed by atoms with Gasteiger partial charge in [0.15, 0.2) is 0 Å². The lowest BCUT2D eigenvalue weighted by Gasteiger charge is -2.16. The predicted molar refractivity (Wildman–Crippen MR) is 103 cm³/mol. The molecule has 0 saturated heterocycles. The highest BCUT2D eigenvalue weighted by Gasteiger charge is 2.16. The van der Waals surface area contributed by atoms with Crippen LogP contribution in [0.5, 0.6) is 0 Å². The molecule has 0 aliphatic heterocycles. The van der Waals surface area contributed by atoms with Gasteiger partial charge in [0.05, 0.1) is 17.3 Å². The Morgan fingerprint density at radius 3 is 2.30 bits per heavy atom. The standard InChI is InChI=1S/C22H19FN2O2/c1-15(16-8-3-2-4-9-16)24-22(27)19-12-5-6-13-20(19)25-21(26)17-10-7-11-18(23)14-17/h2-15H,1H3,(H,24,27)(H,25,26)/t15-/m0/s1. The van der Waals surface area contributed by atoms with Crippen molar-refractivity contribution >= 4 is 17.5 Å². The lowest BCUT2D eigenvalue weighted by molar-refractivity contribution is 0.0941. The predicted octanol–water partition coefficient (Wildman–Crippen LogP) is 4.57. The summed E-state index contributed by atoms with van der Waals surface area (Å²) in [6, 6.07) is 21.5. The molecule has 5 heteroatoms. The first kappa shape index (κ1) is 18.3. The van der Waals surface area contributed by atoms with E-state index >= 15 is 0 Å². The van der Waals surface area contributed by atoms with Crippen LogP contribution in [0.25, 0.3) is 0 Å². The van der Waals surface area contributed by atoms with Crippen molar-refractivity contribution in [3.8, 4) is 0 Å². The van der Waals surface area contributed by atoms with E-state index in [9.17, 15) is 14.0 Å². The highest BCUT2D eigenvalue weighted by atomic mass is 19.1. The molecule has 0 aromatic heterocycles. The van der Waals surface area contributed by atoms with Crippen LogP contribution in [-0.4, -0.2) is 11.8 Å². The van der Waals surface area contributed by atoms with Gasteiger partial charge in [0.2, 0.25) is 0 Å². The van der Waals surface area contributed by atoms with Crippen molar-refractivity contribution in [1.29, 1.82) is 0 Å². The van der Waals surface area contributed by atoms with Gasteiger partial charge < -0.3 is 10.6 Å². The Balaban J connectivity index is 1.77. The SMILES string of the molecule is C[C@H](NC(=O)c1ccccc1NC(=O)c1cccc(F)c1)c1ccccc1. The number of carbonyl (C=O) groups is 2. The Bertz CT molecular complexity index is 957. The van der Waals surface area contributed by atoms with Crippen LogP contribution in [0.4, 0.5) is 10.1 Å². The van der Waals surface area contributed by atoms with Crippen molar-refractivity contribution < 1.29 is 14.0 Å². The maximum Gasteiger partial charge on any atom is 0.255 e. The van der Waals surface area contributed by atoms with Gasteiger partial charge in [-0.05, 0) is 42.8 Å². The molecule has 2 amide bonds. The minimum atomic E-state index is -0.495. The van der Waals surface area contributed by atoms with Crippen molar-refractivity contribution in [2.24, 2.45) is 0 Å². The van der Waals surface area contributed by atoms with Crippen LogP contribution in [0, 0.1) is 5.82 Å². The normalized spacial score (nSPS) is 11.5. The van der Waals surface area contributed by atoms with Crippen molar-refractivity contribution in [1.82, 2.24) is 5.32 Å². The fourth-order valence-electron chi connectivity index (χ4n) is 2.71. The summed E-state index contributed by atoms with van der Waals surface area (Å²) in [5.74, 6) is -1.28. The monoisotopic (exact) mass is 362 g/mol. The van der Waals surface area contributed by atoms with E-state index in [0.717, 1.165) is 11.6 Å². The molecule has 27 heavy (non-hydrogen) atoms. The molecule has 4 nitrogen and oxygen atoms in total. The molecule has 0 fully saturated rings. The molecule has 0 saturated carbocycles. The highest BCUT2D eigenvalue weighted by molar-refractivity contribution is 6.09. The molecule has 3 aromatic carbocycles. The average Bonchev–Trinajstić information content (AvgIpc) is 2.69. The summed E-state index contributed by atoms with van der Waals surface area (Å²) in [4.78, 5) is 25.1. The smallest absolute Gasteiger partial charge is 0.255 e. The quantitative estimate of drug-likeness (QED) is 0.698. The van der Waals surface area contributed by atoms with Crippen molar-refractivity contribution in [3.63, 3.8) is 0 Å². The Labute approximate surface area is 157 Å². The van der Waals surface area contributed by atoms with Crippen molar-refractivity contribution in [2.75, 3.05) is 5.32 Å². The Hall–Kier alpha value is -3.47. The molecule has 3 rings (SSSR count). The molecule has 0 aliphatic carbocycles. The van der Waals surface area contributed by atoms with Crippen LogP contribution in [0.1, 0.15) is 39.2 Å². The fourth-order valence-corrected chi connectivity index (χ4v) is 2.71. The van der Waals surface area contributed by atoms with E-state index in [2.05, 4.69) is 10.6 Å². The van der Waals surface area contributed by atoms with Crippen LogP contribution in [0.2, 0.25) is 0 Å². The Morgan fingerprint density at radius 1 is 0.852 bits per heavy atom. The first-order valence-corrected chi connectivity index (χ1v) is 8.56. The van der Waals surface area contributed by atoms with E-state index in [0.29, 0.717) is 11.3 Å². The lowest BCUT2D eigenvalue weighted by Crippen LogP contribution is -2.28. The zero-order chi connectivity index (χ0) is 19.2. The number of halogens is 1. The van der Waals surface area contributed by atoms with Crippen molar-refractivity contribution in [3.05, 3.63) is 101 Å². The summed E-state index contributed by atoms with van der Waals surface area (Å²) >= 11 is 0. The van der Waals surface area contributed by atoms with Crippen LogP contribution in [0.3, 0.4) is 0 Å². The van der Waals surface area contributed by atoms with Gasteiger partial charge in [0.1, 0.15) is 5.82 Å². The maximum absolute atomic E-state index is 13.3. The second-order valence-electron chi connectivity index (χ2n) is 6.12. The molecule has 0 bridgehead atoms. The zero-order valence-corrected chi connectivity index (χ0v) is 14.8. The third-order valence-electron chi connectivity index (χ3n) is 4.15. The van der Waals surface area contributed by atoms with Gasteiger partial charge in [0.25, 0.3) is 11.8 Å². The van der Waals surface area contributed by atoms with Crippen LogP contribution in [0.15, 0.2) is 78.9 Å². The fraction of sp³-hybridized carbons (Fsp3) is 0.0909. The van der Waals surface area contributed by atoms with Gasteiger partial charge in [-0.15, -0.1) is 0 Å². The zero-order valence-electron chi connectivity index (χ0n) is 14.8. The molecular formula is C22H19FN2O2. The summed E-state index contributed by atoms with van der Waals surface area (Å²) in [7, 11) is 0. The van der Waals surface area contributed by atoms with E-state index in [-0.39, 0.29) is 17.5 Å². The average molecular weight is 362 g/mol. The molecular weight excluding hydrogens is 343 g/mol. The molecule has 136 valence electrons. The molecule has 2 N–H and O–H groups in total. The summed E-state index contributed by atoms with van der Waals surface area (Å²) < 4.78 is 13.3. The summed E-state index contributed by atoms with van der Waals surface area (Å²) in [5, 5.41) is 5.61. The van der Waals surface area contributed by atoms with Gasteiger partial charge in [0, 0.05) is 5.56 Å². The van der Waals surface area contributed by atoms with E-state index < -0.39 is 11.7 Å². The second-order valence-corrected chi connectivity index (χ2v) is 6.12. The molecule has 0 radical (unpaired) electrons. The number of nitrogens with one attached hydrogen (secondary N) is 2. The minimum Gasteiger partial charge on any atom is -0.345 e. The number of hydrogen-bond acceptors (Lipinski definition) is 2. The number of carbonyl (C=O) groups excluding carboxylic acids is 2. The topological polar surface area (TPSA) is 58.2 Å². The second kappa shape index (κ2) is 8.27. The lowest BCUT2D eigenvalue weighted by atomic mass is 10.1. The maximum atomic E-state index is 13.3. The van der Waals surface area contributed by atoms with Crippen LogP contribution >= 0.6 is 0 Å². The molecule has 0 spiro atoms. The van der Waals surface area contributed by atoms with Gasteiger partial charge >= 0.3 is 0 Å². The van der Waals surface area contributed by atoms with E-state index in [1.165, 1.54) is 18.2 Å². The van der Waals surface area contributed by atoms with E-state index in [1.807, 2.05) is 37.3 Å². The van der Waals surface area contributed by atoms with Gasteiger partial charge in [-0.3, -0.25) is 9.59 Å². The molecule has 0 heterocycles. The van der Waals surface area contributed by atoms with E-state index in [1.54, 1.807) is 24.3 Å². The first-order valence-electron chi connectivity index (χ1n) is 8.56. The number of hydrogen-bond donors (Lipinski definition) is 2. The molecule has 0 aliphatic rings. The van der Waals surface area contributed by atoms with Gasteiger partial charge in [-0.1, -0.05) is 48.5 Å². The largest absolute Gasteiger partial charge is 0.345 e. The number of rotatable bonds is 5. The third-order valence-corrected chi connectivity index (χ3v) is 4.15. The Morgan fingerprint density at radius 2 is 1.56 bits per heavy atom. The number of benzene rings is 3. The molecule has 0 unspecified atom stereocenters. The first-order chi connectivity index (χ1) is 13.0. The minimum absolute atomic E-state index is 0.183. The number of amides is 2. The Kier molecular flexibility index (Phi) is 5.61. The third kappa shape index (κ3) is 4.58. The summed E-state index contributed by atoms with van der Waals surface area (Å²) in [6.45, 7) is 1.89. The number of anilines is 1. The van der Waals surface area contributed by atoms with Crippen LogP contribution < -0.4 is 10.6 Å². The summed E-state index contributed by atoms with van der Waals surface area (Å²) in [5.41, 5.74) is 1.87.